The van der Waals surface area contributed by atoms with E-state index in [1.54, 1.807) is 17.0 Å². The second-order valence-corrected chi connectivity index (χ2v) is 5.88. The highest BCUT2D eigenvalue weighted by atomic mass is 32.2. The van der Waals surface area contributed by atoms with Gasteiger partial charge in [-0.25, -0.2) is 0 Å². The van der Waals surface area contributed by atoms with Crippen LogP contribution < -0.4 is 15.2 Å². The zero-order chi connectivity index (χ0) is 13.4. The van der Waals surface area contributed by atoms with Crippen LogP contribution in [0.4, 0.5) is 5.69 Å². The average Bonchev–Trinajstić information content (AvgIpc) is 3.06. The summed E-state index contributed by atoms with van der Waals surface area (Å²) < 4.78 is 10.5. The fourth-order valence-corrected chi connectivity index (χ4v) is 3.59. The third-order valence-corrected chi connectivity index (χ3v) is 4.69. The molecule has 1 amide bonds. The molecule has 102 valence electrons. The number of carbonyl (C=O) groups excluding carboxylic acids is 1. The van der Waals surface area contributed by atoms with E-state index < -0.39 is 0 Å². The van der Waals surface area contributed by atoms with Gasteiger partial charge in [-0.2, -0.15) is 11.8 Å². The largest absolute Gasteiger partial charge is 0.454 e. The Hall–Kier alpha value is -1.56. The van der Waals surface area contributed by atoms with Gasteiger partial charge in [0.25, 0.3) is 5.91 Å². The molecule has 0 spiro atoms. The summed E-state index contributed by atoms with van der Waals surface area (Å²) in [4.78, 5) is 14.3. The molecule has 1 unspecified atom stereocenters. The van der Waals surface area contributed by atoms with Gasteiger partial charge in [0.1, 0.15) is 0 Å². The van der Waals surface area contributed by atoms with Gasteiger partial charge in [-0.05, 0) is 18.2 Å². The van der Waals surface area contributed by atoms with E-state index in [-0.39, 0.29) is 12.7 Å². The smallest absolute Gasteiger partial charge is 0.256 e. The molecule has 6 heteroatoms. The first-order valence-electron chi connectivity index (χ1n) is 6.21. The molecule has 2 aliphatic rings. The number of hydrogen-bond acceptors (Lipinski definition) is 5. The number of anilines is 1. The third kappa shape index (κ3) is 2.20. The Morgan fingerprint density at radius 1 is 1.42 bits per heavy atom. The molecule has 3 rings (SSSR count). The minimum atomic E-state index is -0.0525. The predicted molar refractivity (Wildman–Crippen MR) is 74.8 cm³/mol. The third-order valence-electron chi connectivity index (χ3n) is 3.55. The number of thioether (sulfide) groups is 1. The normalized spacial score (nSPS) is 20.6. The number of benzene rings is 1. The Bertz CT molecular complexity index is 515. The van der Waals surface area contributed by atoms with Gasteiger partial charge in [0.2, 0.25) is 6.79 Å². The molecule has 2 N–H and O–H groups in total. The van der Waals surface area contributed by atoms with E-state index in [0.29, 0.717) is 28.8 Å². The van der Waals surface area contributed by atoms with Gasteiger partial charge >= 0.3 is 0 Å². The molecule has 0 bridgehead atoms. The Labute approximate surface area is 116 Å². The van der Waals surface area contributed by atoms with E-state index >= 15 is 0 Å². The molecule has 0 aliphatic carbocycles. The number of hydrogen-bond donors (Lipinski definition) is 1. The maximum Gasteiger partial charge on any atom is 0.256 e. The van der Waals surface area contributed by atoms with Crippen molar-refractivity contribution in [2.24, 2.45) is 0 Å². The number of rotatable bonds is 2. The van der Waals surface area contributed by atoms with E-state index in [9.17, 15) is 4.79 Å². The molecule has 1 saturated heterocycles. The topological polar surface area (TPSA) is 64.8 Å². The molecular formula is C13H16N2O3S. The summed E-state index contributed by atoms with van der Waals surface area (Å²) in [5.41, 5.74) is 6.87. The monoisotopic (exact) mass is 280 g/mol. The van der Waals surface area contributed by atoms with Crippen LogP contribution in [0, 0.1) is 0 Å². The van der Waals surface area contributed by atoms with Crippen molar-refractivity contribution in [3.05, 3.63) is 17.7 Å². The molecule has 0 radical (unpaired) electrons. The fourth-order valence-electron chi connectivity index (χ4n) is 2.33. The SMILES string of the molecule is CN(C(=O)c1cc2c(cc1N)OCO2)C1CCSC1. The van der Waals surface area contributed by atoms with Gasteiger partial charge in [0.15, 0.2) is 11.5 Å². The van der Waals surface area contributed by atoms with Crippen molar-refractivity contribution in [1.82, 2.24) is 4.90 Å². The summed E-state index contributed by atoms with van der Waals surface area (Å²) in [6, 6.07) is 3.63. The fraction of sp³-hybridized carbons (Fsp3) is 0.462. The quantitative estimate of drug-likeness (QED) is 0.833. The minimum absolute atomic E-state index is 0.0525. The van der Waals surface area contributed by atoms with Crippen LogP contribution in [0.1, 0.15) is 16.8 Å². The van der Waals surface area contributed by atoms with Crippen molar-refractivity contribution >= 4 is 23.4 Å². The van der Waals surface area contributed by atoms with Crippen LogP contribution >= 0.6 is 11.8 Å². The lowest BCUT2D eigenvalue weighted by Crippen LogP contribution is -2.37. The van der Waals surface area contributed by atoms with Crippen LogP contribution in [-0.4, -0.2) is 42.2 Å². The first kappa shape index (κ1) is 12.5. The molecule has 19 heavy (non-hydrogen) atoms. The number of fused-ring (bicyclic) bond motifs is 1. The van der Waals surface area contributed by atoms with E-state index in [0.717, 1.165) is 17.9 Å². The summed E-state index contributed by atoms with van der Waals surface area (Å²) in [6.07, 6.45) is 1.04. The number of nitrogens with zero attached hydrogens (tertiary/aromatic N) is 1. The Kier molecular flexibility index (Phi) is 3.18. The molecule has 1 atom stereocenters. The van der Waals surface area contributed by atoms with Crippen LogP contribution in [0.5, 0.6) is 11.5 Å². The summed E-state index contributed by atoms with van der Waals surface area (Å²) in [5.74, 6) is 3.24. The molecule has 5 nitrogen and oxygen atoms in total. The summed E-state index contributed by atoms with van der Waals surface area (Å²) >= 11 is 1.88. The Morgan fingerprint density at radius 3 is 2.84 bits per heavy atom. The van der Waals surface area contributed by atoms with Crippen molar-refractivity contribution in [3.8, 4) is 11.5 Å². The predicted octanol–water partition coefficient (Wildman–Crippen LogP) is 1.57. The van der Waals surface area contributed by atoms with Crippen molar-refractivity contribution in [2.45, 2.75) is 12.5 Å². The second kappa shape index (κ2) is 4.85. The lowest BCUT2D eigenvalue weighted by Gasteiger charge is -2.24. The zero-order valence-electron chi connectivity index (χ0n) is 10.7. The van der Waals surface area contributed by atoms with Crippen molar-refractivity contribution in [2.75, 3.05) is 31.1 Å². The van der Waals surface area contributed by atoms with E-state index in [1.807, 2.05) is 18.8 Å². The highest BCUT2D eigenvalue weighted by molar-refractivity contribution is 7.99. The van der Waals surface area contributed by atoms with Crippen LogP contribution in [0.15, 0.2) is 12.1 Å². The first-order chi connectivity index (χ1) is 9.16. The van der Waals surface area contributed by atoms with E-state index in [1.165, 1.54) is 0 Å². The lowest BCUT2D eigenvalue weighted by atomic mass is 10.1. The molecule has 1 aromatic rings. The Morgan fingerprint density at radius 2 is 2.16 bits per heavy atom. The molecule has 0 saturated carbocycles. The van der Waals surface area contributed by atoms with Crippen LogP contribution in [0.3, 0.4) is 0 Å². The summed E-state index contributed by atoms with van der Waals surface area (Å²) in [6.45, 7) is 0.182. The highest BCUT2D eigenvalue weighted by Crippen LogP contribution is 2.36. The van der Waals surface area contributed by atoms with Crippen molar-refractivity contribution in [1.29, 1.82) is 0 Å². The van der Waals surface area contributed by atoms with Gasteiger partial charge < -0.3 is 20.1 Å². The lowest BCUT2D eigenvalue weighted by molar-refractivity contribution is 0.0748. The number of ether oxygens (including phenoxy) is 2. The standard InChI is InChI=1S/C13H16N2O3S/c1-15(8-2-3-19-6-8)13(16)9-4-11-12(5-10(9)14)18-7-17-11/h4-5,8H,2-3,6-7,14H2,1H3. The van der Waals surface area contributed by atoms with Crippen LogP contribution in [0.25, 0.3) is 0 Å². The maximum absolute atomic E-state index is 12.5. The van der Waals surface area contributed by atoms with Crippen molar-refractivity contribution in [3.63, 3.8) is 0 Å². The molecule has 1 fully saturated rings. The van der Waals surface area contributed by atoms with Crippen LogP contribution in [-0.2, 0) is 0 Å². The van der Waals surface area contributed by atoms with Gasteiger partial charge in [0, 0.05) is 30.6 Å². The second-order valence-electron chi connectivity index (χ2n) is 4.73. The summed E-state index contributed by atoms with van der Waals surface area (Å²) in [5, 5.41) is 0. The van der Waals surface area contributed by atoms with Gasteiger partial charge in [0.05, 0.1) is 5.56 Å². The van der Waals surface area contributed by atoms with Gasteiger partial charge in [-0.1, -0.05) is 0 Å². The van der Waals surface area contributed by atoms with Gasteiger partial charge in [-0.15, -0.1) is 0 Å². The summed E-state index contributed by atoms with van der Waals surface area (Å²) in [7, 11) is 1.84. The highest BCUT2D eigenvalue weighted by Gasteiger charge is 2.27. The van der Waals surface area contributed by atoms with Crippen LogP contribution in [0.2, 0.25) is 0 Å². The molecule has 1 aromatic carbocycles. The number of carbonyl (C=O) groups is 1. The molecular weight excluding hydrogens is 264 g/mol. The number of amides is 1. The number of nitrogen functional groups attached to an aromatic ring is 1. The maximum atomic E-state index is 12.5. The molecule has 2 heterocycles. The van der Waals surface area contributed by atoms with Crippen molar-refractivity contribution < 1.29 is 14.3 Å². The van der Waals surface area contributed by atoms with E-state index in [2.05, 4.69) is 0 Å². The number of nitrogens with two attached hydrogens (primary N) is 1. The Balaban J connectivity index is 1.86. The average molecular weight is 280 g/mol. The molecule has 2 aliphatic heterocycles. The van der Waals surface area contributed by atoms with Gasteiger partial charge in [-0.3, -0.25) is 4.79 Å². The molecule has 0 aromatic heterocycles. The first-order valence-corrected chi connectivity index (χ1v) is 7.36. The van der Waals surface area contributed by atoms with E-state index in [4.69, 9.17) is 15.2 Å². The zero-order valence-corrected chi connectivity index (χ0v) is 11.5. The minimum Gasteiger partial charge on any atom is -0.454 e.